The van der Waals surface area contributed by atoms with E-state index >= 15 is 0 Å². The highest BCUT2D eigenvalue weighted by Gasteiger charge is 2.07. The minimum absolute atomic E-state index is 0.0418. The lowest BCUT2D eigenvalue weighted by Gasteiger charge is -2.11. The molecule has 0 saturated carbocycles. The fourth-order valence-electron chi connectivity index (χ4n) is 2.32. The van der Waals surface area contributed by atoms with Crippen LogP contribution in [0.5, 0.6) is 17.2 Å². The molecule has 0 spiro atoms. The summed E-state index contributed by atoms with van der Waals surface area (Å²) in [7, 11) is 4.92. The Bertz CT molecular complexity index is 841. The monoisotopic (exact) mass is 383 g/mol. The molecule has 1 amide bonds. The van der Waals surface area contributed by atoms with Crippen molar-refractivity contribution in [2.75, 3.05) is 34.4 Å². The Kier molecular flexibility index (Phi) is 7.63. The third kappa shape index (κ3) is 5.87. The van der Waals surface area contributed by atoms with Crippen LogP contribution in [0, 0.1) is 0 Å². The van der Waals surface area contributed by atoms with E-state index < -0.39 is 0 Å². The number of likely N-dealkylation sites (N-methyl/N-ethyl adjacent to an activating group) is 1. The van der Waals surface area contributed by atoms with Gasteiger partial charge in [-0.15, -0.1) is 0 Å². The zero-order valence-electron chi connectivity index (χ0n) is 16.6. The maximum atomic E-state index is 12.4. The molecule has 0 unspecified atom stereocenters. The maximum absolute atomic E-state index is 12.4. The molecular weight excluding hydrogens is 358 g/mol. The number of hydrogen-bond acceptors (Lipinski definition) is 5. The third-order valence-corrected chi connectivity index (χ3v) is 3.91. The maximum Gasteiger partial charge on any atom is 0.259 e. The van der Waals surface area contributed by atoms with Crippen LogP contribution in [0.3, 0.4) is 0 Å². The van der Waals surface area contributed by atoms with E-state index in [2.05, 4.69) is 0 Å². The summed E-state index contributed by atoms with van der Waals surface area (Å²) in [5.41, 5.74) is 1.36. The number of benzene rings is 2. The van der Waals surface area contributed by atoms with Crippen LogP contribution in [-0.4, -0.2) is 51.0 Å². The van der Waals surface area contributed by atoms with Crippen molar-refractivity contribution >= 4 is 17.8 Å². The van der Waals surface area contributed by atoms with Crippen molar-refractivity contribution in [3.05, 3.63) is 59.7 Å². The van der Waals surface area contributed by atoms with Gasteiger partial charge in [0.25, 0.3) is 5.91 Å². The van der Waals surface area contributed by atoms with Crippen molar-refractivity contribution in [3.63, 3.8) is 0 Å². The zero-order valence-corrected chi connectivity index (χ0v) is 16.6. The molecule has 0 bridgehead atoms. The first kappa shape index (κ1) is 21.0. The minimum Gasteiger partial charge on any atom is -0.493 e. The van der Waals surface area contributed by atoms with Gasteiger partial charge in [0.15, 0.2) is 23.9 Å². The van der Waals surface area contributed by atoms with Crippen LogP contribution in [-0.2, 0) is 4.79 Å². The Morgan fingerprint density at radius 2 is 1.71 bits per heavy atom. The first-order valence-electron chi connectivity index (χ1n) is 8.90. The Morgan fingerprint density at radius 3 is 2.32 bits per heavy atom. The number of hydrogen-bond donors (Lipinski definition) is 0. The van der Waals surface area contributed by atoms with Crippen LogP contribution < -0.4 is 14.2 Å². The van der Waals surface area contributed by atoms with Gasteiger partial charge in [-0.3, -0.25) is 9.59 Å². The molecule has 0 aliphatic heterocycles. The van der Waals surface area contributed by atoms with Crippen molar-refractivity contribution in [2.45, 2.75) is 6.92 Å². The normalized spacial score (nSPS) is 10.6. The number of ether oxygens (including phenoxy) is 3. The molecule has 148 valence electrons. The average Bonchev–Trinajstić information content (AvgIpc) is 2.71. The van der Waals surface area contributed by atoms with Crippen LogP contribution in [0.15, 0.2) is 48.5 Å². The van der Waals surface area contributed by atoms with E-state index in [9.17, 15) is 9.59 Å². The van der Waals surface area contributed by atoms with Crippen molar-refractivity contribution in [1.82, 2.24) is 4.90 Å². The molecule has 0 heterocycles. The van der Waals surface area contributed by atoms with E-state index in [-0.39, 0.29) is 18.3 Å². The van der Waals surface area contributed by atoms with Crippen molar-refractivity contribution < 1.29 is 23.8 Å². The van der Waals surface area contributed by atoms with Crippen LogP contribution in [0.25, 0.3) is 6.08 Å². The predicted octanol–water partition coefficient (Wildman–Crippen LogP) is 3.46. The second-order valence-electron chi connectivity index (χ2n) is 6.14. The van der Waals surface area contributed by atoms with E-state index in [1.165, 1.54) is 11.0 Å². The number of carbonyl (C=O) groups is 2. The Labute approximate surface area is 165 Å². The van der Waals surface area contributed by atoms with Gasteiger partial charge in [0.2, 0.25) is 0 Å². The highest BCUT2D eigenvalue weighted by Crippen LogP contribution is 2.28. The van der Waals surface area contributed by atoms with E-state index in [4.69, 9.17) is 14.2 Å². The molecule has 0 aliphatic rings. The number of allylic oxidation sites excluding steroid dienone is 1. The summed E-state index contributed by atoms with van der Waals surface area (Å²) < 4.78 is 16.2. The van der Waals surface area contributed by atoms with Crippen LogP contribution in [0.4, 0.5) is 0 Å². The Hall–Kier alpha value is -3.28. The number of ketones is 1. The van der Waals surface area contributed by atoms with Gasteiger partial charge in [-0.05, 0) is 55.0 Å². The summed E-state index contributed by atoms with van der Waals surface area (Å²) in [5.74, 6) is 1.55. The lowest BCUT2D eigenvalue weighted by Crippen LogP contribution is -2.27. The standard InChI is InChI=1S/C22H25NO5/c1-5-27-21-14-16(7-13-20(21)26-4)6-12-19(24)17-8-10-18(11-9-17)28-15-22(25)23(2)3/h6-14H,5,15H2,1-4H3/b12-6+. The highest BCUT2D eigenvalue weighted by molar-refractivity contribution is 6.06. The largest absolute Gasteiger partial charge is 0.493 e. The van der Waals surface area contributed by atoms with Gasteiger partial charge in [-0.2, -0.15) is 0 Å². The second-order valence-corrected chi connectivity index (χ2v) is 6.14. The topological polar surface area (TPSA) is 65.1 Å². The zero-order chi connectivity index (χ0) is 20.5. The summed E-state index contributed by atoms with van der Waals surface area (Å²) in [6, 6.07) is 12.2. The first-order valence-corrected chi connectivity index (χ1v) is 8.90. The van der Waals surface area contributed by atoms with E-state index in [1.807, 2.05) is 19.1 Å². The number of rotatable bonds is 9. The summed E-state index contributed by atoms with van der Waals surface area (Å²) in [5, 5.41) is 0. The summed E-state index contributed by atoms with van der Waals surface area (Å²) in [4.78, 5) is 25.4. The summed E-state index contributed by atoms with van der Waals surface area (Å²) in [6.45, 7) is 2.38. The van der Waals surface area contributed by atoms with Crippen LogP contribution in [0.2, 0.25) is 0 Å². The molecule has 28 heavy (non-hydrogen) atoms. The third-order valence-electron chi connectivity index (χ3n) is 3.91. The quantitative estimate of drug-likeness (QED) is 0.490. The Balaban J connectivity index is 2.02. The summed E-state index contributed by atoms with van der Waals surface area (Å²) >= 11 is 0. The van der Waals surface area contributed by atoms with E-state index in [1.54, 1.807) is 57.6 Å². The molecule has 2 aromatic rings. The van der Waals surface area contributed by atoms with Crippen molar-refractivity contribution in [3.8, 4) is 17.2 Å². The number of methoxy groups -OCH3 is 1. The fourth-order valence-corrected chi connectivity index (χ4v) is 2.32. The number of nitrogens with zero attached hydrogens (tertiary/aromatic N) is 1. The smallest absolute Gasteiger partial charge is 0.259 e. The van der Waals surface area contributed by atoms with Gasteiger partial charge in [0, 0.05) is 19.7 Å². The molecule has 0 aliphatic carbocycles. The molecular formula is C22H25NO5. The first-order chi connectivity index (χ1) is 13.4. The molecule has 0 atom stereocenters. The van der Waals surface area contributed by atoms with Gasteiger partial charge in [-0.25, -0.2) is 0 Å². The molecule has 0 aromatic heterocycles. The highest BCUT2D eigenvalue weighted by atomic mass is 16.5. The van der Waals surface area contributed by atoms with Gasteiger partial charge in [0.05, 0.1) is 13.7 Å². The molecule has 2 rings (SSSR count). The lowest BCUT2D eigenvalue weighted by molar-refractivity contribution is -0.130. The molecule has 0 N–H and O–H groups in total. The number of amides is 1. The molecule has 0 radical (unpaired) electrons. The minimum atomic E-state index is -0.135. The predicted molar refractivity (Wildman–Crippen MR) is 108 cm³/mol. The Morgan fingerprint density at radius 1 is 1.00 bits per heavy atom. The number of carbonyl (C=O) groups excluding carboxylic acids is 2. The SMILES string of the molecule is CCOc1cc(/C=C/C(=O)c2ccc(OCC(=O)N(C)C)cc2)ccc1OC. The second kappa shape index (κ2) is 10.2. The van der Waals surface area contributed by atoms with Gasteiger partial charge in [0.1, 0.15) is 5.75 Å². The van der Waals surface area contributed by atoms with Crippen LogP contribution >= 0.6 is 0 Å². The van der Waals surface area contributed by atoms with Gasteiger partial charge in [-0.1, -0.05) is 12.1 Å². The molecule has 2 aromatic carbocycles. The van der Waals surface area contributed by atoms with Crippen LogP contribution in [0.1, 0.15) is 22.8 Å². The van der Waals surface area contributed by atoms with Crippen molar-refractivity contribution in [1.29, 1.82) is 0 Å². The molecule has 6 nitrogen and oxygen atoms in total. The molecule has 0 fully saturated rings. The van der Waals surface area contributed by atoms with E-state index in [0.717, 1.165) is 5.56 Å². The van der Waals surface area contributed by atoms with Gasteiger partial charge < -0.3 is 19.1 Å². The molecule has 0 saturated heterocycles. The van der Waals surface area contributed by atoms with Crippen molar-refractivity contribution in [2.24, 2.45) is 0 Å². The average molecular weight is 383 g/mol. The molecule has 6 heteroatoms. The summed E-state index contributed by atoms with van der Waals surface area (Å²) in [6.07, 6.45) is 3.23. The lowest BCUT2D eigenvalue weighted by atomic mass is 10.1. The van der Waals surface area contributed by atoms with E-state index in [0.29, 0.717) is 29.4 Å². The van der Waals surface area contributed by atoms with Gasteiger partial charge >= 0.3 is 0 Å². The fraction of sp³-hybridized carbons (Fsp3) is 0.273.